The molecule has 1 amide bonds. The predicted molar refractivity (Wildman–Crippen MR) is 103 cm³/mol. The summed E-state index contributed by atoms with van der Waals surface area (Å²) in [6.07, 6.45) is 0. The van der Waals surface area contributed by atoms with E-state index in [2.05, 4.69) is 5.32 Å². The molecule has 28 heavy (non-hydrogen) atoms. The van der Waals surface area contributed by atoms with Crippen LogP contribution in [0.3, 0.4) is 0 Å². The number of amides is 1. The van der Waals surface area contributed by atoms with Crippen LogP contribution in [-0.2, 0) is 4.79 Å². The van der Waals surface area contributed by atoms with Crippen LogP contribution in [0.4, 0.5) is 0 Å². The van der Waals surface area contributed by atoms with Crippen molar-refractivity contribution in [2.45, 2.75) is 6.92 Å². The highest BCUT2D eigenvalue weighted by atomic mass is 35.5. The van der Waals surface area contributed by atoms with E-state index in [1.165, 1.54) is 18.2 Å². The van der Waals surface area contributed by atoms with Gasteiger partial charge in [0, 0.05) is 23.0 Å². The van der Waals surface area contributed by atoms with Crippen LogP contribution in [0.2, 0.25) is 5.02 Å². The highest BCUT2D eigenvalue weighted by Crippen LogP contribution is 2.21. The lowest BCUT2D eigenvalue weighted by Gasteiger charge is -2.08. The van der Waals surface area contributed by atoms with Crippen molar-refractivity contribution in [3.05, 3.63) is 69.5 Å². The van der Waals surface area contributed by atoms with Crippen molar-refractivity contribution in [3.8, 4) is 11.5 Å². The molecule has 0 aliphatic heterocycles. The fourth-order valence-electron chi connectivity index (χ4n) is 2.40. The number of ether oxygens (including phenoxy) is 2. The fraction of sp³-hybridized carbons (Fsp3) is 0.150. The van der Waals surface area contributed by atoms with Crippen LogP contribution in [0, 0.1) is 0 Å². The Morgan fingerprint density at radius 2 is 1.79 bits per heavy atom. The molecule has 0 aliphatic rings. The molecule has 0 atom stereocenters. The number of carbonyl (C=O) groups excluding carboxylic acids is 2. The van der Waals surface area contributed by atoms with Gasteiger partial charge in [-0.15, -0.1) is 0 Å². The molecule has 0 saturated heterocycles. The number of hydrogen-bond acceptors (Lipinski definition) is 6. The van der Waals surface area contributed by atoms with Crippen molar-refractivity contribution < 1.29 is 23.5 Å². The summed E-state index contributed by atoms with van der Waals surface area (Å²) in [5.74, 6) is -0.474. The number of carbonyl (C=O) groups is 2. The van der Waals surface area contributed by atoms with Gasteiger partial charge in [0.05, 0.1) is 0 Å². The van der Waals surface area contributed by atoms with Crippen LogP contribution < -0.4 is 20.4 Å². The molecule has 0 spiro atoms. The monoisotopic (exact) mass is 401 g/mol. The predicted octanol–water partition coefficient (Wildman–Crippen LogP) is 3.18. The molecule has 8 heteroatoms. The average molecular weight is 402 g/mol. The molecule has 1 heterocycles. The lowest BCUT2D eigenvalue weighted by molar-refractivity contribution is -0.136. The zero-order valence-corrected chi connectivity index (χ0v) is 15.6. The van der Waals surface area contributed by atoms with Crippen molar-refractivity contribution in [3.63, 3.8) is 0 Å². The van der Waals surface area contributed by atoms with E-state index in [-0.39, 0.29) is 23.5 Å². The minimum absolute atomic E-state index is 0.0875. The minimum atomic E-state index is -0.770. The number of rotatable bonds is 6. The Morgan fingerprint density at radius 3 is 2.50 bits per heavy atom. The smallest absolute Gasteiger partial charge is 0.349 e. The first-order chi connectivity index (χ1) is 13.5. The molecule has 3 aromatic rings. The van der Waals surface area contributed by atoms with Gasteiger partial charge in [0.15, 0.2) is 6.61 Å². The molecule has 0 fully saturated rings. The fourth-order valence-corrected chi connectivity index (χ4v) is 2.53. The van der Waals surface area contributed by atoms with Crippen molar-refractivity contribution in [2.75, 3.05) is 13.2 Å². The van der Waals surface area contributed by atoms with Gasteiger partial charge in [0.1, 0.15) is 22.6 Å². The molecule has 1 N–H and O–H groups in total. The van der Waals surface area contributed by atoms with Crippen LogP contribution in [0.25, 0.3) is 11.0 Å². The molecule has 2 aromatic carbocycles. The van der Waals surface area contributed by atoms with E-state index < -0.39 is 17.5 Å². The first-order valence-corrected chi connectivity index (χ1v) is 8.79. The molecule has 7 nitrogen and oxygen atoms in total. The molecule has 1 aromatic heterocycles. The summed E-state index contributed by atoms with van der Waals surface area (Å²) in [5.41, 5.74) is -0.662. The molecular weight excluding hydrogens is 386 g/mol. The third-order valence-electron chi connectivity index (χ3n) is 3.69. The lowest BCUT2D eigenvalue weighted by Crippen LogP contribution is -2.27. The quantitative estimate of drug-likeness (QED) is 0.387. The van der Waals surface area contributed by atoms with Crippen LogP contribution in [-0.4, -0.2) is 25.0 Å². The van der Waals surface area contributed by atoms with Gasteiger partial charge < -0.3 is 19.2 Å². The van der Waals surface area contributed by atoms with E-state index in [9.17, 15) is 14.4 Å². The second-order valence-electron chi connectivity index (χ2n) is 5.72. The largest absolute Gasteiger partial charge is 0.482 e. The second kappa shape index (κ2) is 8.58. The van der Waals surface area contributed by atoms with E-state index >= 15 is 0 Å². The maximum Gasteiger partial charge on any atom is 0.349 e. The average Bonchev–Trinajstić information content (AvgIpc) is 2.67. The maximum atomic E-state index is 12.0. The molecule has 0 aliphatic carbocycles. The number of esters is 1. The Balaban J connectivity index is 1.70. The van der Waals surface area contributed by atoms with Crippen molar-refractivity contribution in [1.82, 2.24) is 5.32 Å². The zero-order valence-electron chi connectivity index (χ0n) is 14.9. The first-order valence-electron chi connectivity index (χ1n) is 8.41. The van der Waals surface area contributed by atoms with Crippen LogP contribution in [0.15, 0.2) is 57.7 Å². The summed E-state index contributed by atoms with van der Waals surface area (Å²) in [7, 11) is 0. The second-order valence-corrected chi connectivity index (χ2v) is 6.16. The van der Waals surface area contributed by atoms with Gasteiger partial charge >= 0.3 is 11.6 Å². The van der Waals surface area contributed by atoms with E-state index in [0.29, 0.717) is 22.7 Å². The maximum absolute atomic E-state index is 12.0. The molecule has 0 radical (unpaired) electrons. The van der Waals surface area contributed by atoms with Gasteiger partial charge in [-0.05, 0) is 49.4 Å². The Morgan fingerprint density at radius 1 is 1.07 bits per heavy atom. The van der Waals surface area contributed by atoms with E-state index in [4.69, 9.17) is 25.5 Å². The number of benzene rings is 2. The van der Waals surface area contributed by atoms with E-state index in [1.807, 2.05) is 0 Å². The number of fused-ring (bicyclic) bond motifs is 1. The molecule has 0 bridgehead atoms. The van der Waals surface area contributed by atoms with Crippen LogP contribution in [0.5, 0.6) is 11.5 Å². The Bertz CT molecular complexity index is 1070. The van der Waals surface area contributed by atoms with Crippen molar-refractivity contribution in [1.29, 1.82) is 0 Å². The third-order valence-corrected chi connectivity index (χ3v) is 3.94. The molecular formula is C20H16ClNO6. The summed E-state index contributed by atoms with van der Waals surface area (Å²) in [6, 6.07) is 12.5. The summed E-state index contributed by atoms with van der Waals surface area (Å²) in [6.45, 7) is 1.83. The molecule has 144 valence electrons. The Labute approximate surface area is 164 Å². The van der Waals surface area contributed by atoms with Gasteiger partial charge in [-0.25, -0.2) is 9.59 Å². The Hall–Kier alpha value is -3.32. The zero-order chi connectivity index (χ0) is 20.1. The molecule has 0 saturated carbocycles. The third kappa shape index (κ3) is 4.69. The number of nitrogens with one attached hydrogen (secondary N) is 1. The SMILES string of the molecule is CCNC(=O)c1cc2ccc(OC(=O)COc3ccc(Cl)cc3)cc2oc1=O. The highest BCUT2D eigenvalue weighted by Gasteiger charge is 2.14. The van der Waals surface area contributed by atoms with Crippen LogP contribution in [0.1, 0.15) is 17.3 Å². The summed E-state index contributed by atoms with van der Waals surface area (Å²) < 4.78 is 15.7. The molecule has 3 rings (SSSR count). The number of halogens is 1. The van der Waals surface area contributed by atoms with E-state index in [1.54, 1.807) is 37.3 Å². The summed E-state index contributed by atoms with van der Waals surface area (Å²) in [5, 5.41) is 3.63. The lowest BCUT2D eigenvalue weighted by atomic mass is 10.1. The standard InChI is InChI=1S/C20H16ClNO6/c1-2-22-19(24)16-9-12-3-6-15(10-17(12)28-20(16)25)27-18(23)11-26-14-7-4-13(21)5-8-14/h3-10H,2,11H2,1H3,(H,22,24). The first kappa shape index (κ1) is 19.4. The van der Waals surface area contributed by atoms with Gasteiger partial charge in [-0.1, -0.05) is 11.6 Å². The van der Waals surface area contributed by atoms with E-state index in [0.717, 1.165) is 0 Å². The molecule has 0 unspecified atom stereocenters. The minimum Gasteiger partial charge on any atom is -0.482 e. The topological polar surface area (TPSA) is 94.8 Å². The normalized spacial score (nSPS) is 10.5. The highest BCUT2D eigenvalue weighted by molar-refractivity contribution is 6.30. The Kier molecular flexibility index (Phi) is 5.96. The van der Waals surface area contributed by atoms with Gasteiger partial charge in [-0.2, -0.15) is 0 Å². The number of hydrogen-bond donors (Lipinski definition) is 1. The summed E-state index contributed by atoms with van der Waals surface area (Å²) in [4.78, 5) is 35.8. The van der Waals surface area contributed by atoms with Gasteiger partial charge in [0.25, 0.3) is 5.91 Å². The van der Waals surface area contributed by atoms with Gasteiger partial charge in [0.2, 0.25) is 0 Å². The van der Waals surface area contributed by atoms with Crippen LogP contribution >= 0.6 is 11.6 Å². The van der Waals surface area contributed by atoms with Crippen molar-refractivity contribution >= 4 is 34.4 Å². The summed E-state index contributed by atoms with van der Waals surface area (Å²) >= 11 is 5.78. The van der Waals surface area contributed by atoms with Gasteiger partial charge in [-0.3, -0.25) is 4.79 Å². The van der Waals surface area contributed by atoms with Crippen molar-refractivity contribution in [2.24, 2.45) is 0 Å².